The number of amides is 2. The molecular weight excluding hydrogens is 498 g/mol. The normalized spacial score (nSPS) is 17.9. The number of nitrogens with one attached hydrogen (secondary N) is 2. The molecule has 0 atom stereocenters. The van der Waals surface area contributed by atoms with Crippen molar-refractivity contribution in [1.82, 2.24) is 14.7 Å². The number of benzene rings is 1. The Morgan fingerprint density at radius 3 is 2.65 bits per heavy atom. The van der Waals surface area contributed by atoms with Gasteiger partial charge in [-0.1, -0.05) is 36.4 Å². The fourth-order valence-corrected chi connectivity index (χ4v) is 5.95. The van der Waals surface area contributed by atoms with Crippen molar-refractivity contribution in [2.75, 3.05) is 35.6 Å². The zero-order chi connectivity index (χ0) is 24.5. The molecule has 1 aromatic carbocycles. The van der Waals surface area contributed by atoms with Gasteiger partial charge in [0.2, 0.25) is 10.0 Å². The number of carbonyl (C=O) groups is 1. The molecule has 2 heterocycles. The van der Waals surface area contributed by atoms with Gasteiger partial charge in [-0.15, -0.1) is 0 Å². The van der Waals surface area contributed by atoms with Gasteiger partial charge in [-0.25, -0.2) is 27.9 Å². The lowest BCUT2D eigenvalue weighted by Crippen LogP contribution is -2.42. The van der Waals surface area contributed by atoms with E-state index in [2.05, 4.69) is 27.1 Å². The first-order chi connectivity index (χ1) is 16.1. The number of carbonyl (C=O) groups excluding carboxylic acids is 1. The van der Waals surface area contributed by atoms with Gasteiger partial charge in [0, 0.05) is 18.0 Å². The van der Waals surface area contributed by atoms with Crippen molar-refractivity contribution in [3.8, 4) is 0 Å². The van der Waals surface area contributed by atoms with Crippen LogP contribution in [0, 0.1) is 5.41 Å². The number of nitrogens with zero attached hydrogens (tertiary/aromatic N) is 3. The number of rotatable bonds is 7. The van der Waals surface area contributed by atoms with Gasteiger partial charge in [0.25, 0.3) is 0 Å². The monoisotopic (exact) mass is 525 g/mol. The Morgan fingerprint density at radius 2 is 2.03 bits per heavy atom. The molecule has 10 nitrogen and oxygen atoms in total. The van der Waals surface area contributed by atoms with Crippen molar-refractivity contribution in [3.63, 3.8) is 0 Å². The van der Waals surface area contributed by atoms with Crippen LogP contribution in [-0.4, -0.2) is 49.3 Å². The Balaban J connectivity index is 1.43. The molecule has 13 heteroatoms. The van der Waals surface area contributed by atoms with E-state index in [9.17, 15) is 13.2 Å². The summed E-state index contributed by atoms with van der Waals surface area (Å²) in [6.07, 6.45) is 4.76. The average Bonchev–Trinajstić information content (AvgIpc) is 3.64. The fraction of sp³-hybridized carbons (Fsp3) is 0.476. The number of hydrogen-bond donors (Lipinski definition) is 4. The summed E-state index contributed by atoms with van der Waals surface area (Å²) in [5.74, 6) is 0.994. The van der Waals surface area contributed by atoms with Crippen LogP contribution in [-0.2, 0) is 10.0 Å². The number of piperidine rings is 1. The molecule has 0 bridgehead atoms. The highest BCUT2D eigenvalue weighted by atomic mass is 35.5. The first-order valence-electron chi connectivity index (χ1n) is 11.0. The molecule has 2 aliphatic rings. The van der Waals surface area contributed by atoms with Crippen molar-refractivity contribution in [2.45, 2.75) is 47.8 Å². The molecule has 0 radical (unpaired) electrons. The van der Waals surface area contributed by atoms with Crippen molar-refractivity contribution >= 4 is 56.7 Å². The quantitative estimate of drug-likeness (QED) is 0.426. The number of anilines is 3. The smallest absolute Gasteiger partial charge is 0.332 e. The van der Waals surface area contributed by atoms with E-state index in [0.717, 1.165) is 31.7 Å². The third kappa shape index (κ3) is 5.68. The first-order valence-corrected chi connectivity index (χ1v) is 13.7. The second-order valence-electron chi connectivity index (χ2n) is 8.94. The zero-order valence-electron chi connectivity index (χ0n) is 18.8. The molecule has 1 aromatic heterocycles. The molecule has 2 aromatic rings. The predicted molar refractivity (Wildman–Crippen MR) is 135 cm³/mol. The van der Waals surface area contributed by atoms with E-state index >= 15 is 0 Å². The summed E-state index contributed by atoms with van der Waals surface area (Å²) in [6, 6.07) is 4.18. The maximum atomic E-state index is 12.2. The third-order valence-corrected chi connectivity index (χ3v) is 9.56. The van der Waals surface area contributed by atoms with Crippen molar-refractivity contribution in [3.05, 3.63) is 29.4 Å². The second-order valence-corrected chi connectivity index (χ2v) is 12.3. The van der Waals surface area contributed by atoms with E-state index in [4.69, 9.17) is 23.1 Å². The summed E-state index contributed by atoms with van der Waals surface area (Å²) >= 11 is 7.69. The lowest BCUT2D eigenvalue weighted by atomic mass is 9.80. The fourth-order valence-electron chi connectivity index (χ4n) is 3.62. The van der Waals surface area contributed by atoms with Crippen LogP contribution >= 0.6 is 23.4 Å². The molecule has 34 heavy (non-hydrogen) atoms. The van der Waals surface area contributed by atoms with E-state index in [-0.39, 0.29) is 21.9 Å². The van der Waals surface area contributed by atoms with E-state index in [1.54, 1.807) is 24.4 Å². The van der Waals surface area contributed by atoms with Crippen molar-refractivity contribution < 1.29 is 13.2 Å². The summed E-state index contributed by atoms with van der Waals surface area (Å²) < 4.78 is 26.0. The van der Waals surface area contributed by atoms with Gasteiger partial charge in [0.05, 0.1) is 22.2 Å². The zero-order valence-corrected chi connectivity index (χ0v) is 21.1. The highest BCUT2D eigenvalue weighted by Crippen LogP contribution is 2.39. The molecular formula is C21H28ClN7O3S2. The standard InChI is InChI=1S/C21H28ClN7O3S2/c1-21(12-23)7-9-29(10-8-21)16-11-25-19(18(24)27-16)33-15-4-2-3-14(17(15)22)26-20(30)28-34(31,32)13-5-6-13/h2-4,11,13H,5-10,12,23H2,1H3,(H2,24,27)(H2,26,28,30). The molecule has 1 aliphatic carbocycles. The van der Waals surface area contributed by atoms with Crippen LogP contribution in [0.1, 0.15) is 32.6 Å². The highest BCUT2D eigenvalue weighted by molar-refractivity contribution is 7.99. The molecule has 1 saturated carbocycles. The van der Waals surface area contributed by atoms with E-state index in [1.165, 1.54) is 11.8 Å². The van der Waals surface area contributed by atoms with Gasteiger partial charge in [-0.3, -0.25) is 0 Å². The van der Waals surface area contributed by atoms with E-state index in [1.807, 2.05) is 4.72 Å². The summed E-state index contributed by atoms with van der Waals surface area (Å²) in [5.41, 5.74) is 12.5. The van der Waals surface area contributed by atoms with E-state index < -0.39 is 21.3 Å². The van der Waals surface area contributed by atoms with Crippen LogP contribution in [0.25, 0.3) is 0 Å². The molecule has 0 unspecified atom stereocenters. The number of hydrogen-bond acceptors (Lipinski definition) is 9. The maximum Gasteiger partial charge on any atom is 0.332 e. The Morgan fingerprint density at radius 1 is 1.32 bits per heavy atom. The minimum Gasteiger partial charge on any atom is -0.381 e. The minimum absolute atomic E-state index is 0.153. The molecule has 2 amide bonds. The van der Waals surface area contributed by atoms with Gasteiger partial charge in [-0.05, 0) is 49.8 Å². The largest absolute Gasteiger partial charge is 0.381 e. The summed E-state index contributed by atoms with van der Waals surface area (Å²) in [4.78, 5) is 23.9. The summed E-state index contributed by atoms with van der Waals surface area (Å²) in [5, 5.41) is 2.71. The molecule has 2 fully saturated rings. The Bertz CT molecular complexity index is 1180. The average molecular weight is 526 g/mol. The first kappa shape index (κ1) is 24.8. The van der Waals surface area contributed by atoms with Crippen molar-refractivity contribution in [1.29, 1.82) is 0 Å². The molecule has 6 N–H and O–H groups in total. The molecule has 1 saturated heterocycles. The van der Waals surface area contributed by atoms with E-state index in [0.29, 0.717) is 29.3 Å². The predicted octanol–water partition coefficient (Wildman–Crippen LogP) is 3.04. The van der Waals surface area contributed by atoms with Crippen LogP contribution in [0.4, 0.5) is 22.1 Å². The highest BCUT2D eigenvalue weighted by Gasteiger charge is 2.37. The maximum absolute atomic E-state index is 12.2. The third-order valence-electron chi connectivity index (χ3n) is 6.16. The number of aromatic nitrogens is 2. The Kier molecular flexibility index (Phi) is 7.13. The lowest BCUT2D eigenvalue weighted by Gasteiger charge is -2.39. The number of halogens is 1. The summed E-state index contributed by atoms with van der Waals surface area (Å²) in [7, 11) is -3.66. The lowest BCUT2D eigenvalue weighted by molar-refractivity contribution is 0.256. The van der Waals surface area contributed by atoms with Gasteiger partial charge in [0.15, 0.2) is 5.82 Å². The van der Waals surface area contributed by atoms with Gasteiger partial charge < -0.3 is 21.7 Å². The molecule has 184 valence electrons. The van der Waals surface area contributed by atoms with Gasteiger partial charge >= 0.3 is 6.03 Å². The number of urea groups is 1. The van der Waals surface area contributed by atoms with Crippen LogP contribution in [0.5, 0.6) is 0 Å². The number of nitrogens with two attached hydrogens (primary N) is 2. The Hall–Kier alpha value is -2.28. The van der Waals surface area contributed by atoms with Crippen LogP contribution in [0.2, 0.25) is 5.02 Å². The van der Waals surface area contributed by atoms with Gasteiger partial charge in [0.1, 0.15) is 10.8 Å². The minimum atomic E-state index is -3.66. The second kappa shape index (κ2) is 9.76. The molecule has 1 aliphatic heterocycles. The number of nitrogen functional groups attached to an aromatic ring is 1. The SMILES string of the molecule is CC1(CN)CCN(c2cnc(Sc3cccc(NC(=O)NS(=O)(=O)C4CC4)c3Cl)c(N)n2)CC1. The van der Waals surface area contributed by atoms with Crippen LogP contribution in [0.3, 0.4) is 0 Å². The summed E-state index contributed by atoms with van der Waals surface area (Å²) in [6.45, 7) is 4.54. The van der Waals surface area contributed by atoms with Crippen LogP contribution < -0.4 is 26.4 Å². The Labute approximate surface area is 208 Å². The number of sulfonamides is 1. The van der Waals surface area contributed by atoms with Gasteiger partial charge in [-0.2, -0.15) is 0 Å². The molecule has 4 rings (SSSR count). The topological polar surface area (TPSA) is 156 Å². The van der Waals surface area contributed by atoms with Crippen LogP contribution in [0.15, 0.2) is 34.3 Å². The molecule has 0 spiro atoms. The van der Waals surface area contributed by atoms with Crippen molar-refractivity contribution in [2.24, 2.45) is 11.1 Å².